The Hall–Kier alpha value is -3.35. The summed E-state index contributed by atoms with van der Waals surface area (Å²) in [5.41, 5.74) is 3.43. The summed E-state index contributed by atoms with van der Waals surface area (Å²) in [5.74, 6) is -1.46. The molecule has 7 heteroatoms. The zero-order valence-corrected chi connectivity index (χ0v) is 16.7. The second-order valence-corrected chi connectivity index (χ2v) is 8.01. The van der Waals surface area contributed by atoms with E-state index in [2.05, 4.69) is 22.8 Å². The lowest BCUT2D eigenvalue weighted by Crippen LogP contribution is -2.45. The molecule has 2 aliphatic carbocycles. The molecule has 1 fully saturated rings. The monoisotopic (exact) mass is 408 g/mol. The van der Waals surface area contributed by atoms with Crippen LogP contribution in [0.15, 0.2) is 48.5 Å². The lowest BCUT2D eigenvalue weighted by molar-refractivity contribution is -0.143. The van der Waals surface area contributed by atoms with E-state index < -0.39 is 29.6 Å². The fraction of sp³-hybridized carbons (Fsp3) is 0.348. The lowest BCUT2D eigenvalue weighted by atomic mass is 9.98. The fourth-order valence-electron chi connectivity index (χ4n) is 4.01. The molecule has 1 atom stereocenters. The first-order chi connectivity index (χ1) is 14.4. The van der Waals surface area contributed by atoms with Gasteiger partial charge in [0.05, 0.1) is 0 Å². The van der Waals surface area contributed by atoms with Crippen LogP contribution in [0.3, 0.4) is 0 Å². The number of carbonyl (C=O) groups excluding carboxylic acids is 2. The maximum absolute atomic E-state index is 12.3. The summed E-state index contributed by atoms with van der Waals surface area (Å²) in [6.07, 6.45) is 0.251. The Morgan fingerprint density at radius 1 is 1.07 bits per heavy atom. The van der Waals surface area contributed by atoms with Crippen LogP contribution in [0.5, 0.6) is 0 Å². The standard InChI is InChI=1S/C23H24N2O5/c1-14(12-20(26)25-23(10-11-23)21(27)28)24-22(29)30-13-19-17-8-4-2-6-15(17)16-7-3-5-9-18(16)19/h2-9,14,19H,10-13H2,1H3,(H,24,29)(H,25,26)(H,27,28). The van der Waals surface area contributed by atoms with Crippen molar-refractivity contribution in [1.82, 2.24) is 10.6 Å². The highest BCUT2D eigenvalue weighted by Gasteiger charge is 2.51. The van der Waals surface area contributed by atoms with E-state index in [0.717, 1.165) is 22.3 Å². The molecule has 0 spiro atoms. The van der Waals surface area contributed by atoms with Crippen molar-refractivity contribution in [3.05, 3.63) is 59.7 Å². The molecule has 2 aromatic rings. The number of fused-ring (bicyclic) bond motifs is 3. The van der Waals surface area contributed by atoms with Gasteiger partial charge in [-0.15, -0.1) is 0 Å². The SMILES string of the molecule is CC(CC(=O)NC1(C(=O)O)CC1)NC(=O)OCC1c2ccccc2-c2ccccc21. The van der Waals surface area contributed by atoms with E-state index in [9.17, 15) is 14.4 Å². The van der Waals surface area contributed by atoms with Gasteiger partial charge in [0.1, 0.15) is 12.1 Å². The normalized spacial score (nSPS) is 16.7. The average molecular weight is 408 g/mol. The molecular weight excluding hydrogens is 384 g/mol. The first-order valence-corrected chi connectivity index (χ1v) is 10.1. The number of ether oxygens (including phenoxy) is 1. The lowest BCUT2D eigenvalue weighted by Gasteiger charge is -2.18. The molecule has 3 N–H and O–H groups in total. The topological polar surface area (TPSA) is 105 Å². The van der Waals surface area contributed by atoms with E-state index in [-0.39, 0.29) is 18.9 Å². The van der Waals surface area contributed by atoms with Gasteiger partial charge < -0.3 is 20.5 Å². The van der Waals surface area contributed by atoms with Crippen molar-refractivity contribution in [1.29, 1.82) is 0 Å². The predicted molar refractivity (Wildman–Crippen MR) is 110 cm³/mol. The molecule has 7 nitrogen and oxygen atoms in total. The van der Waals surface area contributed by atoms with Crippen molar-refractivity contribution >= 4 is 18.0 Å². The van der Waals surface area contributed by atoms with Gasteiger partial charge in [0.2, 0.25) is 5.91 Å². The van der Waals surface area contributed by atoms with Crippen LogP contribution in [-0.4, -0.2) is 41.3 Å². The summed E-state index contributed by atoms with van der Waals surface area (Å²) in [6, 6.07) is 15.7. The summed E-state index contributed by atoms with van der Waals surface area (Å²) in [5, 5.41) is 14.3. The Balaban J connectivity index is 1.31. The van der Waals surface area contributed by atoms with Gasteiger partial charge in [0.25, 0.3) is 0 Å². The van der Waals surface area contributed by atoms with E-state index in [0.29, 0.717) is 12.8 Å². The number of hydrogen-bond donors (Lipinski definition) is 3. The number of benzene rings is 2. The number of amides is 2. The summed E-state index contributed by atoms with van der Waals surface area (Å²) >= 11 is 0. The smallest absolute Gasteiger partial charge is 0.407 e. The van der Waals surface area contributed by atoms with Crippen LogP contribution in [0.1, 0.15) is 43.2 Å². The average Bonchev–Trinajstić information content (AvgIpc) is 3.42. The number of aliphatic carboxylic acids is 1. The summed E-state index contributed by atoms with van der Waals surface area (Å²) in [4.78, 5) is 35.5. The van der Waals surface area contributed by atoms with E-state index in [4.69, 9.17) is 9.84 Å². The third-order valence-corrected chi connectivity index (χ3v) is 5.74. The van der Waals surface area contributed by atoms with E-state index in [1.165, 1.54) is 0 Å². The Morgan fingerprint density at radius 3 is 2.17 bits per heavy atom. The fourth-order valence-corrected chi connectivity index (χ4v) is 4.01. The molecular formula is C23H24N2O5. The Labute approximate surface area is 174 Å². The first-order valence-electron chi connectivity index (χ1n) is 10.1. The molecule has 0 radical (unpaired) electrons. The molecule has 0 bridgehead atoms. The predicted octanol–water partition coefficient (Wildman–Crippen LogP) is 3.04. The van der Waals surface area contributed by atoms with Crippen molar-refractivity contribution < 1.29 is 24.2 Å². The third kappa shape index (κ3) is 3.87. The third-order valence-electron chi connectivity index (χ3n) is 5.74. The Kier molecular flexibility index (Phi) is 5.20. The Bertz CT molecular complexity index is 953. The number of nitrogens with one attached hydrogen (secondary N) is 2. The molecule has 2 aromatic carbocycles. The van der Waals surface area contributed by atoms with Gasteiger partial charge in [-0.3, -0.25) is 4.79 Å². The number of carboxylic acids is 1. The van der Waals surface area contributed by atoms with E-state index >= 15 is 0 Å². The molecule has 30 heavy (non-hydrogen) atoms. The first kappa shape index (κ1) is 19.9. The number of alkyl carbamates (subject to hydrolysis) is 1. The second-order valence-electron chi connectivity index (χ2n) is 8.01. The molecule has 2 aliphatic rings. The Morgan fingerprint density at radius 2 is 1.63 bits per heavy atom. The van der Waals surface area contributed by atoms with Crippen LogP contribution in [0.25, 0.3) is 11.1 Å². The van der Waals surface area contributed by atoms with Crippen LogP contribution in [0.4, 0.5) is 4.79 Å². The van der Waals surface area contributed by atoms with Gasteiger partial charge in [-0.05, 0) is 42.0 Å². The van der Waals surface area contributed by atoms with Gasteiger partial charge in [-0.1, -0.05) is 48.5 Å². The van der Waals surface area contributed by atoms with Crippen molar-refractivity contribution in [3.63, 3.8) is 0 Å². The molecule has 4 rings (SSSR count). The number of carbonyl (C=O) groups is 3. The van der Waals surface area contributed by atoms with Gasteiger partial charge in [0.15, 0.2) is 0 Å². The molecule has 156 valence electrons. The van der Waals surface area contributed by atoms with Crippen LogP contribution in [0.2, 0.25) is 0 Å². The zero-order chi connectivity index (χ0) is 21.3. The van der Waals surface area contributed by atoms with Crippen LogP contribution in [0, 0.1) is 0 Å². The minimum absolute atomic E-state index is 0.0147. The molecule has 0 aromatic heterocycles. The van der Waals surface area contributed by atoms with Crippen molar-refractivity contribution in [3.8, 4) is 11.1 Å². The van der Waals surface area contributed by atoms with Crippen molar-refractivity contribution in [2.75, 3.05) is 6.61 Å². The highest BCUT2D eigenvalue weighted by Crippen LogP contribution is 2.44. The molecule has 0 saturated heterocycles. The molecule has 1 unspecified atom stereocenters. The van der Waals surface area contributed by atoms with Gasteiger partial charge in [-0.25, -0.2) is 9.59 Å². The quantitative estimate of drug-likeness (QED) is 0.653. The van der Waals surface area contributed by atoms with Crippen LogP contribution < -0.4 is 10.6 Å². The summed E-state index contributed by atoms with van der Waals surface area (Å²) < 4.78 is 5.47. The maximum atomic E-state index is 12.3. The van der Waals surface area contributed by atoms with Crippen molar-refractivity contribution in [2.45, 2.75) is 43.7 Å². The van der Waals surface area contributed by atoms with Gasteiger partial charge in [0, 0.05) is 18.4 Å². The minimum Gasteiger partial charge on any atom is -0.480 e. The van der Waals surface area contributed by atoms with E-state index in [1.54, 1.807) is 6.92 Å². The van der Waals surface area contributed by atoms with Crippen LogP contribution in [-0.2, 0) is 14.3 Å². The van der Waals surface area contributed by atoms with Gasteiger partial charge >= 0.3 is 12.1 Å². The zero-order valence-electron chi connectivity index (χ0n) is 16.7. The highest BCUT2D eigenvalue weighted by molar-refractivity contribution is 5.89. The maximum Gasteiger partial charge on any atom is 0.407 e. The molecule has 1 saturated carbocycles. The number of carboxylic acid groups (broad SMARTS) is 1. The summed E-state index contributed by atoms with van der Waals surface area (Å²) in [6.45, 7) is 1.88. The van der Waals surface area contributed by atoms with Crippen molar-refractivity contribution in [2.24, 2.45) is 0 Å². The molecule has 0 aliphatic heterocycles. The van der Waals surface area contributed by atoms with E-state index in [1.807, 2.05) is 36.4 Å². The largest absolute Gasteiger partial charge is 0.480 e. The number of rotatable bonds is 7. The summed E-state index contributed by atoms with van der Waals surface area (Å²) in [7, 11) is 0. The molecule has 0 heterocycles. The minimum atomic E-state index is -1.12. The number of hydrogen-bond acceptors (Lipinski definition) is 4. The molecule has 2 amide bonds. The second kappa shape index (κ2) is 7.82. The van der Waals surface area contributed by atoms with Crippen LogP contribution >= 0.6 is 0 Å². The van der Waals surface area contributed by atoms with Gasteiger partial charge in [-0.2, -0.15) is 0 Å². The highest BCUT2D eigenvalue weighted by atomic mass is 16.5.